The summed E-state index contributed by atoms with van der Waals surface area (Å²) in [5.74, 6) is -2.39. The van der Waals surface area contributed by atoms with Crippen molar-refractivity contribution in [2.45, 2.75) is 22.6 Å². The van der Waals surface area contributed by atoms with Gasteiger partial charge in [-0.25, -0.2) is 16.8 Å². The van der Waals surface area contributed by atoms with Gasteiger partial charge in [-0.15, -0.1) is 5.73 Å². The minimum Gasteiger partial charge on any atom is -0.468 e. The molecular formula is C24H24O8S2. The topological polar surface area (TPSA) is 121 Å². The Bertz CT molecular complexity index is 1320. The first kappa shape index (κ1) is 26.8. The molecule has 180 valence electrons. The van der Waals surface area contributed by atoms with Crippen molar-refractivity contribution in [3.05, 3.63) is 89.4 Å². The second-order valence-corrected chi connectivity index (χ2v) is 11.2. The number of hydrogen-bond donors (Lipinski definition) is 0. The Morgan fingerprint density at radius 3 is 1.59 bits per heavy atom. The Kier molecular flexibility index (Phi) is 8.39. The number of carbonyl (C=O) groups excluding carboxylic acids is 2. The van der Waals surface area contributed by atoms with Crippen LogP contribution in [-0.2, 0) is 38.7 Å². The van der Waals surface area contributed by atoms with Gasteiger partial charge in [0.15, 0.2) is 5.41 Å². The minimum atomic E-state index is -4.24. The number of benzene rings is 2. The van der Waals surface area contributed by atoms with Gasteiger partial charge in [0.25, 0.3) is 0 Å². The van der Waals surface area contributed by atoms with E-state index < -0.39 is 59.7 Å². The second kappa shape index (κ2) is 10.6. The molecule has 0 aliphatic heterocycles. The van der Waals surface area contributed by atoms with Crippen LogP contribution in [-0.4, -0.2) is 43.0 Å². The second-order valence-electron chi connectivity index (χ2n) is 7.19. The first-order valence-corrected chi connectivity index (χ1v) is 12.8. The van der Waals surface area contributed by atoms with E-state index in [4.69, 9.17) is 9.47 Å². The van der Waals surface area contributed by atoms with Gasteiger partial charge in [0.05, 0.1) is 28.9 Å². The van der Waals surface area contributed by atoms with Gasteiger partial charge in [0.2, 0.25) is 19.7 Å². The van der Waals surface area contributed by atoms with Gasteiger partial charge in [0, 0.05) is 17.7 Å². The van der Waals surface area contributed by atoms with Crippen LogP contribution in [0.1, 0.15) is 12.8 Å². The molecule has 0 aromatic heterocycles. The zero-order chi connectivity index (χ0) is 25.6. The van der Waals surface area contributed by atoms with Gasteiger partial charge in [-0.05, 0) is 24.3 Å². The van der Waals surface area contributed by atoms with Crippen molar-refractivity contribution in [1.82, 2.24) is 0 Å². The van der Waals surface area contributed by atoms with E-state index in [1.807, 2.05) is 0 Å². The highest BCUT2D eigenvalue weighted by Crippen LogP contribution is 2.40. The van der Waals surface area contributed by atoms with Crippen LogP contribution in [0.3, 0.4) is 0 Å². The average Bonchev–Trinajstić information content (AvgIpc) is 2.86. The number of carbonyl (C=O) groups is 2. The minimum absolute atomic E-state index is 0.111. The van der Waals surface area contributed by atoms with Crippen molar-refractivity contribution in [3.63, 3.8) is 0 Å². The fourth-order valence-corrected chi connectivity index (χ4v) is 6.00. The first-order valence-electron chi connectivity index (χ1n) is 9.81. The molecule has 0 spiro atoms. The summed E-state index contributed by atoms with van der Waals surface area (Å²) in [6.07, 6.45) is -1.60. The van der Waals surface area contributed by atoms with Crippen LogP contribution in [0, 0.1) is 5.41 Å². The van der Waals surface area contributed by atoms with Gasteiger partial charge in [-0.1, -0.05) is 49.6 Å². The summed E-state index contributed by atoms with van der Waals surface area (Å²) in [7, 11) is -6.47. The summed E-state index contributed by atoms with van der Waals surface area (Å²) in [5, 5.41) is 0. The van der Waals surface area contributed by atoms with E-state index in [-0.39, 0.29) is 9.79 Å². The number of sulfone groups is 2. The van der Waals surface area contributed by atoms with Crippen molar-refractivity contribution >= 4 is 31.6 Å². The standard InChI is InChI=1S/C24H24O8S2/c1-5-19(34(29,30)21-14-10-7-11-15-21)17-24(22(25)31-3,23(26)32-4)16-18(2)33(27,28)20-12-8-6-9-13-20/h6-15H,1-2,16-17H2,3-4H3. The monoisotopic (exact) mass is 504 g/mol. The molecule has 34 heavy (non-hydrogen) atoms. The third-order valence-electron chi connectivity index (χ3n) is 5.12. The lowest BCUT2D eigenvalue weighted by Crippen LogP contribution is -2.43. The highest BCUT2D eigenvalue weighted by atomic mass is 32.2. The summed E-state index contributed by atoms with van der Waals surface area (Å²) < 4.78 is 62.0. The molecule has 0 fully saturated rings. The van der Waals surface area contributed by atoms with Crippen LogP contribution in [0.2, 0.25) is 0 Å². The molecule has 0 aliphatic carbocycles. The van der Waals surface area contributed by atoms with Crippen LogP contribution in [0.4, 0.5) is 0 Å². The number of rotatable bonds is 10. The Morgan fingerprint density at radius 1 is 0.794 bits per heavy atom. The Hall–Kier alpha value is -3.46. The van der Waals surface area contributed by atoms with Crippen molar-refractivity contribution in [3.8, 4) is 0 Å². The largest absolute Gasteiger partial charge is 0.468 e. The zero-order valence-electron chi connectivity index (χ0n) is 18.7. The van der Waals surface area contributed by atoms with E-state index in [0.717, 1.165) is 14.2 Å². The quantitative estimate of drug-likeness (QED) is 0.275. The predicted octanol–water partition coefficient (Wildman–Crippen LogP) is 3.23. The third kappa shape index (κ3) is 5.20. The SMILES string of the molecule is C=C=C(CC(CC(=C)S(=O)(=O)c1ccccc1)(C(=O)OC)C(=O)OC)S(=O)(=O)c1ccccc1. The molecule has 0 N–H and O–H groups in total. The average molecular weight is 505 g/mol. The summed E-state index contributed by atoms with van der Waals surface area (Å²) >= 11 is 0. The zero-order valence-corrected chi connectivity index (χ0v) is 20.3. The molecule has 8 nitrogen and oxygen atoms in total. The predicted molar refractivity (Wildman–Crippen MR) is 125 cm³/mol. The molecule has 0 heterocycles. The number of ether oxygens (including phenoxy) is 2. The van der Waals surface area contributed by atoms with Crippen molar-refractivity contribution in [2.75, 3.05) is 14.2 Å². The van der Waals surface area contributed by atoms with Gasteiger partial charge < -0.3 is 9.47 Å². The van der Waals surface area contributed by atoms with Gasteiger partial charge in [-0.3, -0.25) is 9.59 Å². The molecule has 0 saturated heterocycles. The van der Waals surface area contributed by atoms with E-state index in [0.29, 0.717) is 0 Å². The normalized spacial score (nSPS) is 11.7. The summed E-state index contributed by atoms with van der Waals surface area (Å²) in [4.78, 5) is 24.6. The Morgan fingerprint density at radius 2 is 1.21 bits per heavy atom. The molecule has 0 radical (unpaired) electrons. The molecule has 0 amide bonds. The third-order valence-corrected chi connectivity index (χ3v) is 8.75. The molecule has 0 saturated carbocycles. The van der Waals surface area contributed by atoms with E-state index >= 15 is 0 Å². The fourth-order valence-electron chi connectivity index (χ4n) is 3.29. The number of hydrogen-bond acceptors (Lipinski definition) is 8. The molecule has 0 atom stereocenters. The highest BCUT2D eigenvalue weighted by molar-refractivity contribution is 7.95. The number of allylic oxidation sites excluding steroid dienone is 2. The maximum Gasteiger partial charge on any atom is 0.323 e. The highest BCUT2D eigenvalue weighted by Gasteiger charge is 2.52. The molecule has 0 aliphatic rings. The van der Waals surface area contributed by atoms with E-state index in [1.54, 1.807) is 12.1 Å². The molecule has 2 aromatic carbocycles. The smallest absolute Gasteiger partial charge is 0.323 e. The van der Waals surface area contributed by atoms with Gasteiger partial charge in [0.1, 0.15) is 0 Å². The molecule has 2 aromatic rings. The molecule has 0 unspecified atom stereocenters. The van der Waals surface area contributed by atoms with Crippen molar-refractivity contribution < 1.29 is 35.9 Å². The van der Waals surface area contributed by atoms with Crippen LogP contribution >= 0.6 is 0 Å². The van der Waals surface area contributed by atoms with E-state index in [2.05, 4.69) is 18.9 Å². The number of esters is 2. The van der Waals surface area contributed by atoms with E-state index in [1.165, 1.54) is 48.5 Å². The molecule has 0 bridgehead atoms. The van der Waals surface area contributed by atoms with Crippen LogP contribution in [0.15, 0.2) is 99.2 Å². The lowest BCUT2D eigenvalue weighted by Gasteiger charge is -2.29. The maximum absolute atomic E-state index is 13.2. The van der Waals surface area contributed by atoms with Crippen LogP contribution < -0.4 is 0 Å². The Labute approximate surface area is 199 Å². The molecule has 10 heteroatoms. The van der Waals surface area contributed by atoms with Crippen LogP contribution in [0.5, 0.6) is 0 Å². The summed E-state index contributed by atoms with van der Waals surface area (Å²) in [6.45, 7) is 6.97. The lowest BCUT2D eigenvalue weighted by atomic mass is 9.80. The summed E-state index contributed by atoms with van der Waals surface area (Å²) in [6, 6.07) is 14.5. The van der Waals surface area contributed by atoms with Gasteiger partial charge >= 0.3 is 11.9 Å². The van der Waals surface area contributed by atoms with Crippen LogP contribution in [0.25, 0.3) is 0 Å². The maximum atomic E-state index is 13.2. The van der Waals surface area contributed by atoms with Crippen molar-refractivity contribution in [1.29, 1.82) is 0 Å². The first-order chi connectivity index (χ1) is 16.0. The fraction of sp³-hybridized carbons (Fsp3) is 0.208. The lowest BCUT2D eigenvalue weighted by molar-refractivity contribution is -0.168. The summed E-state index contributed by atoms with van der Waals surface area (Å²) in [5.41, 5.74) is -0.103. The molecule has 2 rings (SSSR count). The molecular weight excluding hydrogens is 480 g/mol. The van der Waals surface area contributed by atoms with Crippen molar-refractivity contribution in [2.24, 2.45) is 5.41 Å². The Balaban J connectivity index is 2.63. The number of methoxy groups -OCH3 is 2. The van der Waals surface area contributed by atoms with Gasteiger partial charge in [-0.2, -0.15) is 0 Å². The van der Waals surface area contributed by atoms with E-state index in [9.17, 15) is 26.4 Å².